The maximum atomic E-state index is 12.1. The molecule has 0 aliphatic rings. The summed E-state index contributed by atoms with van der Waals surface area (Å²) < 4.78 is 7.66. The van der Waals surface area contributed by atoms with Gasteiger partial charge in [-0.1, -0.05) is 41.6 Å². The largest absolute Gasteiger partial charge is 0.453 e. The van der Waals surface area contributed by atoms with Gasteiger partial charge in [-0.05, 0) is 36.4 Å². The molecule has 8 heteroatoms. The highest BCUT2D eigenvalue weighted by atomic mass is 35.5. The number of hydrogen-bond donors (Lipinski definition) is 1. The van der Waals surface area contributed by atoms with Crippen LogP contribution in [0.25, 0.3) is 22.6 Å². The van der Waals surface area contributed by atoms with E-state index in [0.29, 0.717) is 27.5 Å². The second-order valence-electron chi connectivity index (χ2n) is 5.86. The van der Waals surface area contributed by atoms with Gasteiger partial charge in [0.2, 0.25) is 5.91 Å². The van der Waals surface area contributed by atoms with E-state index in [-0.39, 0.29) is 11.7 Å². The number of hydrogen-bond acceptors (Lipinski definition) is 5. The van der Waals surface area contributed by atoms with Gasteiger partial charge in [-0.15, -0.1) is 10.2 Å². The number of anilines is 1. The smallest absolute Gasteiger partial charge is 0.234 e. The Morgan fingerprint density at radius 1 is 1.19 bits per heavy atom. The number of amides is 1. The Labute approximate surface area is 164 Å². The van der Waals surface area contributed by atoms with Crippen molar-refractivity contribution < 1.29 is 9.21 Å². The summed E-state index contributed by atoms with van der Waals surface area (Å²) in [6.07, 6.45) is 0. The maximum Gasteiger partial charge on any atom is 0.234 e. The van der Waals surface area contributed by atoms with Crippen LogP contribution in [0.4, 0.5) is 5.69 Å². The first-order valence-electron chi connectivity index (χ1n) is 8.17. The molecule has 1 amide bonds. The van der Waals surface area contributed by atoms with Crippen molar-refractivity contribution in [3.8, 4) is 11.6 Å². The molecule has 4 aromatic rings. The number of carbonyl (C=O) groups is 1. The van der Waals surface area contributed by atoms with Crippen molar-refractivity contribution in [3.63, 3.8) is 0 Å². The molecule has 0 atom stereocenters. The lowest BCUT2D eigenvalue weighted by Crippen LogP contribution is -2.14. The molecule has 6 nitrogen and oxygen atoms in total. The van der Waals surface area contributed by atoms with Crippen molar-refractivity contribution >= 4 is 45.9 Å². The molecule has 27 heavy (non-hydrogen) atoms. The number of fused-ring (bicyclic) bond motifs is 1. The monoisotopic (exact) mass is 398 g/mol. The van der Waals surface area contributed by atoms with Gasteiger partial charge in [-0.3, -0.25) is 4.79 Å². The lowest BCUT2D eigenvalue weighted by molar-refractivity contribution is -0.113. The zero-order valence-corrected chi connectivity index (χ0v) is 15.9. The van der Waals surface area contributed by atoms with E-state index in [2.05, 4.69) is 15.5 Å². The fourth-order valence-electron chi connectivity index (χ4n) is 2.61. The molecule has 0 spiro atoms. The van der Waals surface area contributed by atoms with Crippen LogP contribution in [0.15, 0.2) is 64.2 Å². The molecule has 2 aromatic heterocycles. The van der Waals surface area contributed by atoms with E-state index in [4.69, 9.17) is 16.0 Å². The number of para-hydroxylation sites is 1. The molecule has 1 N–H and O–H groups in total. The number of benzene rings is 2. The minimum Gasteiger partial charge on any atom is -0.453 e. The SMILES string of the molecule is Cn1c(SCC(=O)Nc2ccc(Cl)cc2)nnc1-c1cc2ccccc2o1. The van der Waals surface area contributed by atoms with Crippen molar-refractivity contribution in [1.82, 2.24) is 14.8 Å². The minimum atomic E-state index is -0.129. The molecule has 2 heterocycles. The molecule has 0 aliphatic heterocycles. The molecule has 0 aliphatic carbocycles. The second kappa shape index (κ2) is 7.46. The Kier molecular flexibility index (Phi) is 4.87. The van der Waals surface area contributed by atoms with Crippen LogP contribution < -0.4 is 5.32 Å². The molecule has 4 rings (SSSR count). The van der Waals surface area contributed by atoms with Crippen LogP contribution in [0.3, 0.4) is 0 Å². The summed E-state index contributed by atoms with van der Waals surface area (Å²) in [5.74, 6) is 1.35. The number of furan rings is 1. The van der Waals surface area contributed by atoms with Crippen LogP contribution in [0.2, 0.25) is 5.02 Å². The van der Waals surface area contributed by atoms with Crippen molar-refractivity contribution in [2.45, 2.75) is 5.16 Å². The average molecular weight is 399 g/mol. The first-order valence-corrected chi connectivity index (χ1v) is 9.53. The van der Waals surface area contributed by atoms with Gasteiger partial charge in [0.15, 0.2) is 16.7 Å². The molecule has 136 valence electrons. The van der Waals surface area contributed by atoms with Gasteiger partial charge < -0.3 is 14.3 Å². The lowest BCUT2D eigenvalue weighted by atomic mass is 10.2. The number of nitrogens with one attached hydrogen (secondary N) is 1. The first-order chi connectivity index (χ1) is 13.1. The Morgan fingerprint density at radius 3 is 2.74 bits per heavy atom. The average Bonchev–Trinajstić information content (AvgIpc) is 3.25. The normalized spacial score (nSPS) is 11.0. The van der Waals surface area contributed by atoms with Crippen LogP contribution in [0, 0.1) is 0 Å². The van der Waals surface area contributed by atoms with Gasteiger partial charge in [0.1, 0.15) is 5.58 Å². The highest BCUT2D eigenvalue weighted by Crippen LogP contribution is 2.28. The summed E-state index contributed by atoms with van der Waals surface area (Å²) in [5, 5.41) is 13.5. The van der Waals surface area contributed by atoms with Crippen molar-refractivity contribution in [1.29, 1.82) is 0 Å². The van der Waals surface area contributed by atoms with E-state index < -0.39 is 0 Å². The third-order valence-corrected chi connectivity index (χ3v) is 5.21. The van der Waals surface area contributed by atoms with E-state index in [1.54, 1.807) is 24.3 Å². The Hall–Kier alpha value is -2.77. The number of halogens is 1. The highest BCUT2D eigenvalue weighted by molar-refractivity contribution is 7.99. The molecule has 0 bridgehead atoms. The predicted molar refractivity (Wildman–Crippen MR) is 107 cm³/mol. The lowest BCUT2D eigenvalue weighted by Gasteiger charge is -2.05. The summed E-state index contributed by atoms with van der Waals surface area (Å²) in [5.41, 5.74) is 1.50. The van der Waals surface area contributed by atoms with Gasteiger partial charge in [0.05, 0.1) is 5.75 Å². The topological polar surface area (TPSA) is 73.0 Å². The van der Waals surface area contributed by atoms with Crippen molar-refractivity contribution in [2.75, 3.05) is 11.1 Å². The van der Waals surface area contributed by atoms with Gasteiger partial charge in [-0.25, -0.2) is 0 Å². The van der Waals surface area contributed by atoms with E-state index in [0.717, 1.165) is 11.0 Å². The molecule has 0 fully saturated rings. The zero-order valence-electron chi connectivity index (χ0n) is 14.3. The number of rotatable bonds is 5. The maximum absolute atomic E-state index is 12.1. The third kappa shape index (κ3) is 3.84. The van der Waals surface area contributed by atoms with E-state index in [9.17, 15) is 4.79 Å². The number of aromatic nitrogens is 3. The van der Waals surface area contributed by atoms with Crippen molar-refractivity contribution in [2.24, 2.45) is 7.05 Å². The summed E-state index contributed by atoms with van der Waals surface area (Å²) >= 11 is 7.15. The number of nitrogens with zero attached hydrogens (tertiary/aromatic N) is 3. The number of carbonyl (C=O) groups excluding carboxylic acids is 1. The van der Waals surface area contributed by atoms with Crippen LogP contribution in [0.5, 0.6) is 0 Å². The predicted octanol–water partition coefficient (Wildman–Crippen LogP) is 4.61. The molecule has 0 radical (unpaired) electrons. The molecule has 0 saturated heterocycles. The minimum absolute atomic E-state index is 0.129. The van der Waals surface area contributed by atoms with Gasteiger partial charge in [-0.2, -0.15) is 0 Å². The van der Waals surface area contributed by atoms with Crippen LogP contribution in [-0.4, -0.2) is 26.4 Å². The molecule has 2 aromatic carbocycles. The first kappa shape index (κ1) is 17.6. The summed E-state index contributed by atoms with van der Waals surface area (Å²) in [7, 11) is 1.85. The van der Waals surface area contributed by atoms with Crippen LogP contribution in [0.1, 0.15) is 0 Å². The highest BCUT2D eigenvalue weighted by Gasteiger charge is 2.16. The van der Waals surface area contributed by atoms with Crippen molar-refractivity contribution in [3.05, 3.63) is 59.6 Å². The third-order valence-electron chi connectivity index (χ3n) is 3.94. The molecular formula is C19H15ClN4O2S. The van der Waals surface area contributed by atoms with Crippen LogP contribution >= 0.6 is 23.4 Å². The standard InChI is InChI=1S/C19H15ClN4O2S/c1-24-18(16-10-12-4-2-3-5-15(12)26-16)22-23-19(24)27-11-17(25)21-14-8-6-13(20)7-9-14/h2-10H,11H2,1H3,(H,21,25). The summed E-state index contributed by atoms with van der Waals surface area (Å²) in [4.78, 5) is 12.1. The van der Waals surface area contributed by atoms with Crippen LogP contribution in [-0.2, 0) is 11.8 Å². The second-order valence-corrected chi connectivity index (χ2v) is 7.24. The Balaban J connectivity index is 1.44. The van der Waals surface area contributed by atoms with Gasteiger partial charge in [0, 0.05) is 23.1 Å². The summed E-state index contributed by atoms with van der Waals surface area (Å²) in [6, 6.07) is 16.7. The molecule has 0 unspecified atom stereocenters. The van der Waals surface area contributed by atoms with Gasteiger partial charge >= 0.3 is 0 Å². The van der Waals surface area contributed by atoms with E-state index >= 15 is 0 Å². The fourth-order valence-corrected chi connectivity index (χ4v) is 3.44. The van der Waals surface area contributed by atoms with Gasteiger partial charge in [0.25, 0.3) is 0 Å². The van der Waals surface area contributed by atoms with E-state index in [1.807, 2.05) is 41.9 Å². The zero-order chi connectivity index (χ0) is 18.8. The Morgan fingerprint density at radius 2 is 1.96 bits per heavy atom. The molecular weight excluding hydrogens is 384 g/mol. The fraction of sp³-hybridized carbons (Fsp3) is 0.105. The van der Waals surface area contributed by atoms with E-state index in [1.165, 1.54) is 11.8 Å². The quantitative estimate of drug-likeness (QED) is 0.497. The summed E-state index contributed by atoms with van der Waals surface area (Å²) in [6.45, 7) is 0. The number of thioether (sulfide) groups is 1. The molecule has 0 saturated carbocycles. The Bertz CT molecular complexity index is 1070.